The Bertz CT molecular complexity index is 1090. The van der Waals surface area contributed by atoms with Gasteiger partial charge in [-0.2, -0.15) is 16.8 Å². The van der Waals surface area contributed by atoms with Crippen LogP contribution in [-0.4, -0.2) is 70.2 Å². The molecule has 9 nitrogen and oxygen atoms in total. The molecule has 11 heteroatoms. The van der Waals surface area contributed by atoms with Gasteiger partial charge in [0.15, 0.2) is 0 Å². The molecule has 2 rings (SSSR count). The van der Waals surface area contributed by atoms with Crippen molar-refractivity contribution in [2.75, 3.05) is 48.0 Å². The van der Waals surface area contributed by atoms with Gasteiger partial charge in [0.2, 0.25) is 0 Å². The highest BCUT2D eigenvalue weighted by atomic mass is 32.2. The Hall–Kier alpha value is -2.34. The summed E-state index contributed by atoms with van der Waals surface area (Å²) in [5, 5.41) is 0. The van der Waals surface area contributed by atoms with E-state index in [0.717, 1.165) is 17.8 Å². The number of para-hydroxylation sites is 1. The second kappa shape index (κ2) is 12.9. The molecule has 0 aliphatic rings. The summed E-state index contributed by atoms with van der Waals surface area (Å²) >= 11 is 0. The van der Waals surface area contributed by atoms with Gasteiger partial charge in [0.05, 0.1) is 18.6 Å². The van der Waals surface area contributed by atoms with Crippen LogP contribution in [0.1, 0.15) is 26.2 Å². The van der Waals surface area contributed by atoms with Gasteiger partial charge in [-0.25, -0.2) is 0 Å². The molecule has 1 atom stereocenters. The van der Waals surface area contributed by atoms with Crippen LogP contribution >= 0.6 is 0 Å². The number of hydrogen-bond donors (Lipinski definition) is 2. The Morgan fingerprint density at radius 2 is 1.44 bits per heavy atom. The number of nitrogens with zero attached hydrogens (tertiary/aromatic N) is 2. The molecule has 0 fully saturated rings. The fraction of sp³-hybridized carbons (Fsp3) is 0.478. The summed E-state index contributed by atoms with van der Waals surface area (Å²) in [5.41, 5.74) is 1.77. The molecular formula is C23H34N2O7S2. The zero-order valence-corrected chi connectivity index (χ0v) is 21.2. The lowest BCUT2D eigenvalue weighted by molar-refractivity contribution is 0.414. The molecule has 2 aromatic rings. The summed E-state index contributed by atoms with van der Waals surface area (Å²) in [6.45, 7) is 3.37. The third kappa shape index (κ3) is 9.88. The highest BCUT2D eigenvalue weighted by Gasteiger charge is 2.22. The highest BCUT2D eigenvalue weighted by molar-refractivity contribution is 7.86. The van der Waals surface area contributed by atoms with E-state index in [1.54, 1.807) is 7.11 Å². The van der Waals surface area contributed by atoms with Crippen molar-refractivity contribution in [1.82, 2.24) is 0 Å². The molecule has 0 heterocycles. The largest absolute Gasteiger partial charge is 0.497 e. The fourth-order valence-corrected chi connectivity index (χ4v) is 4.82. The lowest BCUT2D eigenvalue weighted by atomic mass is 10.1. The average Bonchev–Trinajstić information content (AvgIpc) is 2.78. The van der Waals surface area contributed by atoms with Crippen molar-refractivity contribution >= 4 is 31.6 Å². The number of rotatable bonds is 15. The number of hydrogen-bond acceptors (Lipinski definition) is 7. The molecule has 0 aromatic heterocycles. The van der Waals surface area contributed by atoms with Crippen molar-refractivity contribution in [1.29, 1.82) is 0 Å². The predicted molar refractivity (Wildman–Crippen MR) is 135 cm³/mol. The first kappa shape index (κ1) is 27.9. The Labute approximate surface area is 202 Å². The van der Waals surface area contributed by atoms with Gasteiger partial charge < -0.3 is 14.5 Å². The van der Waals surface area contributed by atoms with Crippen molar-refractivity contribution < 1.29 is 30.7 Å². The zero-order valence-electron chi connectivity index (χ0n) is 19.6. The zero-order chi connectivity index (χ0) is 25.2. The smallest absolute Gasteiger partial charge is 0.264 e. The van der Waals surface area contributed by atoms with E-state index < -0.39 is 20.2 Å². The molecule has 0 spiro atoms. The Morgan fingerprint density at radius 3 is 2.00 bits per heavy atom. The Balaban J connectivity index is 2.31. The summed E-state index contributed by atoms with van der Waals surface area (Å²) in [4.78, 5) is 4.15. The van der Waals surface area contributed by atoms with Crippen LogP contribution in [-0.2, 0) is 20.2 Å². The van der Waals surface area contributed by atoms with E-state index in [2.05, 4.69) is 9.80 Å². The maximum Gasteiger partial charge on any atom is 0.264 e. The van der Waals surface area contributed by atoms with Gasteiger partial charge in [-0.05, 0) is 43.5 Å². The minimum Gasteiger partial charge on any atom is -0.497 e. The van der Waals surface area contributed by atoms with Crippen molar-refractivity contribution in [3.63, 3.8) is 0 Å². The van der Waals surface area contributed by atoms with Crippen molar-refractivity contribution in [2.24, 2.45) is 0 Å². The summed E-state index contributed by atoms with van der Waals surface area (Å²) in [5.74, 6) is -0.0120. The molecule has 0 bridgehead atoms. The number of benzene rings is 2. The number of ether oxygens (including phenoxy) is 1. The number of methoxy groups -OCH3 is 1. The monoisotopic (exact) mass is 514 g/mol. The first-order chi connectivity index (χ1) is 16.0. The summed E-state index contributed by atoms with van der Waals surface area (Å²) in [7, 11) is -6.57. The van der Waals surface area contributed by atoms with Crippen LogP contribution < -0.4 is 14.5 Å². The second-order valence-electron chi connectivity index (χ2n) is 8.02. The molecule has 0 amide bonds. The average molecular weight is 515 g/mol. The highest BCUT2D eigenvalue weighted by Crippen LogP contribution is 2.26. The van der Waals surface area contributed by atoms with Crippen LogP contribution in [0.3, 0.4) is 0 Å². The van der Waals surface area contributed by atoms with Crippen LogP contribution in [0.4, 0.5) is 11.4 Å². The van der Waals surface area contributed by atoms with Crippen LogP contribution in [0.2, 0.25) is 0 Å². The molecule has 0 aliphatic heterocycles. The Kier molecular flexibility index (Phi) is 10.6. The van der Waals surface area contributed by atoms with E-state index in [-0.39, 0.29) is 30.4 Å². The molecule has 0 saturated heterocycles. The van der Waals surface area contributed by atoms with Gasteiger partial charge in [-0.3, -0.25) is 9.11 Å². The molecular weight excluding hydrogens is 480 g/mol. The molecule has 190 valence electrons. The van der Waals surface area contributed by atoms with E-state index in [1.807, 2.05) is 61.5 Å². The molecule has 1 unspecified atom stereocenters. The predicted octanol–water partition coefficient (Wildman–Crippen LogP) is 3.34. The van der Waals surface area contributed by atoms with Crippen molar-refractivity contribution in [3.05, 3.63) is 54.6 Å². The minimum absolute atomic E-state index is 0.0561. The summed E-state index contributed by atoms with van der Waals surface area (Å²) in [6, 6.07) is 17.0. The lowest BCUT2D eigenvalue weighted by Crippen LogP contribution is -2.45. The normalized spacial score (nSPS) is 12.8. The molecule has 0 saturated carbocycles. The lowest BCUT2D eigenvalue weighted by Gasteiger charge is -2.38. The molecule has 2 aromatic carbocycles. The molecule has 34 heavy (non-hydrogen) atoms. The first-order valence-electron chi connectivity index (χ1n) is 11.1. The van der Waals surface area contributed by atoms with Gasteiger partial charge in [-0.1, -0.05) is 31.2 Å². The first-order valence-corrected chi connectivity index (χ1v) is 14.3. The molecule has 0 aliphatic carbocycles. The van der Waals surface area contributed by atoms with Gasteiger partial charge >= 0.3 is 0 Å². The third-order valence-corrected chi connectivity index (χ3v) is 7.09. The quantitative estimate of drug-likeness (QED) is 0.344. The SMILES string of the molecule is CCC(CN(CCCS(=O)(=O)O)c1ccccc1)N(CCCS(=O)(=O)O)c1cccc(OC)c1. The third-order valence-electron chi connectivity index (χ3n) is 5.48. The van der Waals surface area contributed by atoms with Crippen LogP contribution in [0.25, 0.3) is 0 Å². The van der Waals surface area contributed by atoms with E-state index in [4.69, 9.17) is 9.29 Å². The van der Waals surface area contributed by atoms with Crippen molar-refractivity contribution in [3.8, 4) is 5.75 Å². The van der Waals surface area contributed by atoms with Gasteiger partial charge in [0.1, 0.15) is 5.75 Å². The standard InChI is InChI=1S/C23H34N2O7S2/c1-3-20(19-24(14-8-16-33(26,27)28)21-10-5-4-6-11-21)25(15-9-17-34(29,30)31)22-12-7-13-23(18-22)32-2/h4-7,10-13,18,20H,3,8-9,14-17,19H2,1-2H3,(H,26,27,28)(H,29,30,31). The van der Waals surface area contributed by atoms with Crippen LogP contribution in [0, 0.1) is 0 Å². The van der Waals surface area contributed by atoms with Gasteiger partial charge in [-0.15, -0.1) is 0 Å². The van der Waals surface area contributed by atoms with E-state index in [1.165, 1.54) is 0 Å². The topological polar surface area (TPSA) is 124 Å². The maximum absolute atomic E-state index is 11.3. The van der Waals surface area contributed by atoms with Crippen molar-refractivity contribution in [2.45, 2.75) is 32.2 Å². The molecule has 0 radical (unpaired) electrons. The fourth-order valence-electron chi connectivity index (χ4n) is 3.83. The van der Waals surface area contributed by atoms with Gasteiger partial charge in [0, 0.05) is 43.1 Å². The summed E-state index contributed by atoms with van der Waals surface area (Å²) < 4.78 is 68.7. The maximum atomic E-state index is 11.3. The van der Waals surface area contributed by atoms with Gasteiger partial charge in [0.25, 0.3) is 20.2 Å². The van der Waals surface area contributed by atoms with E-state index in [0.29, 0.717) is 25.4 Å². The van der Waals surface area contributed by atoms with Crippen LogP contribution in [0.5, 0.6) is 5.75 Å². The number of anilines is 2. The summed E-state index contributed by atoms with van der Waals surface area (Å²) in [6.07, 6.45) is 1.22. The molecule has 2 N–H and O–H groups in total. The second-order valence-corrected chi connectivity index (χ2v) is 11.2. The van der Waals surface area contributed by atoms with E-state index >= 15 is 0 Å². The van der Waals surface area contributed by atoms with Crippen LogP contribution in [0.15, 0.2) is 54.6 Å². The Morgan fingerprint density at radius 1 is 0.853 bits per heavy atom. The minimum atomic E-state index is -4.08. The van der Waals surface area contributed by atoms with E-state index in [9.17, 15) is 21.4 Å².